The van der Waals surface area contributed by atoms with Crippen LogP contribution in [-0.4, -0.2) is 17.4 Å². The summed E-state index contributed by atoms with van der Waals surface area (Å²) in [5, 5.41) is 0. The molecule has 1 aliphatic carbocycles. The van der Waals surface area contributed by atoms with E-state index in [1.165, 1.54) is 24.3 Å². The first-order valence-corrected chi connectivity index (χ1v) is 5.27. The van der Waals surface area contributed by atoms with Crippen molar-refractivity contribution in [3.63, 3.8) is 0 Å². The molecule has 1 aliphatic heterocycles. The van der Waals surface area contributed by atoms with Crippen molar-refractivity contribution in [2.45, 2.75) is 19.3 Å². The number of primary amides is 1. The van der Waals surface area contributed by atoms with Crippen LogP contribution in [0.25, 0.3) is 0 Å². The summed E-state index contributed by atoms with van der Waals surface area (Å²) in [5.41, 5.74) is 5.63. The predicted octanol–water partition coefficient (Wildman–Crippen LogP) is 1.00. The summed E-state index contributed by atoms with van der Waals surface area (Å²) in [6.07, 6.45) is 3.50. The molecule has 1 atom stereocenters. The molecule has 0 aromatic carbocycles. The summed E-state index contributed by atoms with van der Waals surface area (Å²) < 4.78 is 0. The normalized spacial score (nSPS) is 33.6. The third kappa shape index (κ3) is 1.15. The van der Waals surface area contributed by atoms with Gasteiger partial charge in [-0.15, -0.1) is 0 Å². The van der Waals surface area contributed by atoms with Crippen molar-refractivity contribution in [3.8, 4) is 0 Å². The Labute approximate surface area is 70.9 Å². The molecule has 2 nitrogen and oxygen atoms in total. The largest absolute Gasteiger partial charge is 0.369 e. The molecule has 1 saturated heterocycles. The third-order valence-corrected chi connectivity index (χ3v) is 4.01. The Balaban J connectivity index is 1.99. The predicted molar refractivity (Wildman–Crippen MR) is 46.3 cm³/mol. The van der Waals surface area contributed by atoms with Crippen LogP contribution in [0.3, 0.4) is 0 Å². The van der Waals surface area contributed by atoms with E-state index in [2.05, 4.69) is 0 Å². The number of hydrogen-bond acceptors (Lipinski definition) is 2. The van der Waals surface area contributed by atoms with Crippen LogP contribution in [0.1, 0.15) is 19.3 Å². The maximum atomic E-state index is 10.9. The minimum atomic E-state index is -0.0723. The van der Waals surface area contributed by atoms with E-state index in [1.54, 1.807) is 0 Å². The lowest BCUT2D eigenvalue weighted by molar-refractivity contribution is -0.120. The summed E-state index contributed by atoms with van der Waals surface area (Å²) in [5.74, 6) is 2.60. The molecule has 2 aliphatic rings. The lowest BCUT2D eigenvalue weighted by Crippen LogP contribution is -2.21. The zero-order valence-electron chi connectivity index (χ0n) is 6.51. The highest BCUT2D eigenvalue weighted by Gasteiger charge is 2.56. The molecular weight excluding hydrogens is 158 g/mol. The van der Waals surface area contributed by atoms with Gasteiger partial charge in [0.2, 0.25) is 5.91 Å². The van der Waals surface area contributed by atoms with Crippen molar-refractivity contribution < 1.29 is 4.79 Å². The van der Waals surface area contributed by atoms with Gasteiger partial charge in [-0.1, -0.05) is 0 Å². The van der Waals surface area contributed by atoms with Crippen LogP contribution in [-0.2, 0) is 4.79 Å². The highest BCUT2D eigenvalue weighted by Crippen LogP contribution is 2.60. The minimum Gasteiger partial charge on any atom is -0.369 e. The monoisotopic (exact) mass is 171 g/mol. The fourth-order valence-corrected chi connectivity index (χ4v) is 3.39. The molecule has 1 amide bonds. The van der Waals surface area contributed by atoms with E-state index in [0.717, 1.165) is 6.42 Å². The second-order valence-corrected chi connectivity index (χ2v) is 4.86. The second kappa shape index (κ2) is 2.41. The average molecular weight is 171 g/mol. The van der Waals surface area contributed by atoms with Crippen molar-refractivity contribution in [2.75, 3.05) is 11.5 Å². The van der Waals surface area contributed by atoms with Crippen molar-refractivity contribution >= 4 is 17.7 Å². The first kappa shape index (κ1) is 7.47. The number of carbonyl (C=O) groups is 1. The standard InChI is InChI=1S/C8H13NOS/c9-7(10)6-5-8(6)1-3-11-4-2-8/h6H,1-5H2,(H2,9,10). The number of nitrogens with two attached hydrogens (primary N) is 1. The Kier molecular flexibility index (Phi) is 1.63. The third-order valence-electron chi connectivity index (χ3n) is 3.02. The summed E-state index contributed by atoms with van der Waals surface area (Å²) in [6, 6.07) is 0. The van der Waals surface area contributed by atoms with Crippen molar-refractivity contribution in [1.29, 1.82) is 0 Å². The summed E-state index contributed by atoms with van der Waals surface area (Å²) >= 11 is 2.00. The zero-order chi connectivity index (χ0) is 7.90. The zero-order valence-corrected chi connectivity index (χ0v) is 7.32. The van der Waals surface area contributed by atoms with Gasteiger partial charge in [-0.05, 0) is 36.2 Å². The SMILES string of the molecule is NC(=O)C1CC12CCSCC2. The van der Waals surface area contributed by atoms with Gasteiger partial charge >= 0.3 is 0 Å². The molecule has 0 radical (unpaired) electrons. The van der Waals surface area contributed by atoms with Gasteiger partial charge in [0.05, 0.1) is 0 Å². The van der Waals surface area contributed by atoms with Gasteiger partial charge in [0.15, 0.2) is 0 Å². The molecule has 1 spiro atoms. The van der Waals surface area contributed by atoms with E-state index >= 15 is 0 Å². The fourth-order valence-electron chi connectivity index (χ4n) is 2.08. The molecule has 0 bridgehead atoms. The smallest absolute Gasteiger partial charge is 0.221 e. The Morgan fingerprint density at radius 1 is 1.45 bits per heavy atom. The van der Waals surface area contributed by atoms with Crippen LogP contribution in [0.15, 0.2) is 0 Å². The topological polar surface area (TPSA) is 43.1 Å². The van der Waals surface area contributed by atoms with E-state index in [-0.39, 0.29) is 11.8 Å². The van der Waals surface area contributed by atoms with Crippen molar-refractivity contribution in [3.05, 3.63) is 0 Å². The number of carbonyl (C=O) groups excluding carboxylic acids is 1. The number of rotatable bonds is 1. The second-order valence-electron chi connectivity index (χ2n) is 3.63. The Hall–Kier alpha value is -0.180. The summed E-state index contributed by atoms with van der Waals surface area (Å²) in [4.78, 5) is 10.9. The lowest BCUT2D eigenvalue weighted by atomic mass is 9.96. The maximum absolute atomic E-state index is 10.9. The van der Waals surface area contributed by atoms with Gasteiger partial charge < -0.3 is 5.73 Å². The molecule has 1 saturated carbocycles. The fraction of sp³-hybridized carbons (Fsp3) is 0.875. The van der Waals surface area contributed by atoms with Crippen molar-refractivity contribution in [1.82, 2.24) is 0 Å². The molecular formula is C8H13NOS. The van der Waals surface area contributed by atoms with Gasteiger partial charge in [0.25, 0.3) is 0 Å². The van der Waals surface area contributed by atoms with Crippen LogP contribution in [0.2, 0.25) is 0 Å². The molecule has 2 fully saturated rings. The molecule has 3 heteroatoms. The molecule has 2 N–H and O–H groups in total. The molecule has 11 heavy (non-hydrogen) atoms. The van der Waals surface area contributed by atoms with Gasteiger partial charge in [-0.2, -0.15) is 11.8 Å². The van der Waals surface area contributed by atoms with Gasteiger partial charge in [0, 0.05) is 5.92 Å². The summed E-state index contributed by atoms with van der Waals surface area (Å²) in [7, 11) is 0. The Bertz CT molecular complexity index is 187. The van der Waals surface area contributed by atoms with E-state index in [4.69, 9.17) is 5.73 Å². The van der Waals surface area contributed by atoms with Crippen LogP contribution in [0.5, 0.6) is 0 Å². The minimum absolute atomic E-state index is 0.0723. The quantitative estimate of drug-likeness (QED) is 0.639. The molecule has 2 rings (SSSR count). The first-order valence-electron chi connectivity index (χ1n) is 4.12. The van der Waals surface area contributed by atoms with Crippen LogP contribution >= 0.6 is 11.8 Å². The maximum Gasteiger partial charge on any atom is 0.221 e. The van der Waals surface area contributed by atoms with Crippen LogP contribution < -0.4 is 5.73 Å². The summed E-state index contributed by atoms with van der Waals surface area (Å²) in [6.45, 7) is 0. The van der Waals surface area contributed by atoms with E-state index in [0.29, 0.717) is 5.41 Å². The lowest BCUT2D eigenvalue weighted by Gasteiger charge is -2.20. The van der Waals surface area contributed by atoms with Gasteiger partial charge in [-0.3, -0.25) is 4.79 Å². The number of amides is 1. The van der Waals surface area contributed by atoms with Crippen LogP contribution in [0.4, 0.5) is 0 Å². The highest BCUT2D eigenvalue weighted by atomic mass is 32.2. The van der Waals surface area contributed by atoms with Gasteiger partial charge in [0.1, 0.15) is 0 Å². The van der Waals surface area contributed by atoms with E-state index < -0.39 is 0 Å². The van der Waals surface area contributed by atoms with Gasteiger partial charge in [-0.25, -0.2) is 0 Å². The van der Waals surface area contributed by atoms with E-state index in [9.17, 15) is 4.79 Å². The highest BCUT2D eigenvalue weighted by molar-refractivity contribution is 7.99. The molecule has 1 unspecified atom stereocenters. The van der Waals surface area contributed by atoms with Crippen molar-refractivity contribution in [2.24, 2.45) is 17.1 Å². The average Bonchev–Trinajstić information content (AvgIpc) is 2.66. The number of hydrogen-bond donors (Lipinski definition) is 1. The Morgan fingerprint density at radius 3 is 2.55 bits per heavy atom. The van der Waals surface area contributed by atoms with E-state index in [1.807, 2.05) is 11.8 Å². The molecule has 0 aromatic rings. The first-order chi connectivity index (χ1) is 5.25. The number of thioether (sulfide) groups is 1. The Morgan fingerprint density at radius 2 is 2.09 bits per heavy atom. The molecule has 1 heterocycles. The van der Waals surface area contributed by atoms with Crippen LogP contribution in [0, 0.1) is 11.3 Å². The molecule has 0 aromatic heterocycles. The molecule has 62 valence electrons.